The van der Waals surface area contributed by atoms with Gasteiger partial charge >= 0.3 is 0 Å². The summed E-state index contributed by atoms with van der Waals surface area (Å²) in [5.74, 6) is -0.452. The monoisotopic (exact) mass is 356 g/mol. The van der Waals surface area contributed by atoms with Crippen LogP contribution < -0.4 is 10.9 Å². The molecule has 27 heavy (non-hydrogen) atoms. The Morgan fingerprint density at radius 3 is 2.70 bits per heavy atom. The van der Waals surface area contributed by atoms with Gasteiger partial charge in [-0.15, -0.1) is 0 Å². The number of carbonyl (C=O) groups is 1. The Bertz CT molecular complexity index is 1190. The average Bonchev–Trinajstić information content (AvgIpc) is 2.69. The highest BCUT2D eigenvalue weighted by molar-refractivity contribution is 6.09. The summed E-state index contributed by atoms with van der Waals surface area (Å²) in [5, 5.41) is 3.67. The summed E-state index contributed by atoms with van der Waals surface area (Å²) in [4.78, 5) is 34.2. The Balaban J connectivity index is 1.77. The fourth-order valence-electron chi connectivity index (χ4n) is 3.00. The van der Waals surface area contributed by atoms with Crippen LogP contribution in [-0.4, -0.2) is 20.4 Å². The Labute approximate surface area is 155 Å². The van der Waals surface area contributed by atoms with Gasteiger partial charge in [-0.2, -0.15) is 0 Å². The summed E-state index contributed by atoms with van der Waals surface area (Å²) in [7, 11) is 0. The highest BCUT2D eigenvalue weighted by atomic mass is 16.2. The van der Waals surface area contributed by atoms with Gasteiger partial charge < -0.3 is 5.32 Å². The first-order valence-electron chi connectivity index (χ1n) is 8.43. The number of hydrogen-bond acceptors (Lipinski definition) is 4. The molecule has 0 atom stereocenters. The van der Waals surface area contributed by atoms with Crippen molar-refractivity contribution in [1.82, 2.24) is 14.5 Å². The SMILES string of the molecule is Cc1ccn(-c2cccnc2)c(=O)c1C(=O)Nc1cccc2ncccc12. The summed E-state index contributed by atoms with van der Waals surface area (Å²) in [6.45, 7) is 1.74. The van der Waals surface area contributed by atoms with E-state index in [9.17, 15) is 9.59 Å². The van der Waals surface area contributed by atoms with Crippen molar-refractivity contribution in [2.75, 3.05) is 5.32 Å². The molecule has 0 bridgehead atoms. The van der Waals surface area contributed by atoms with E-state index in [2.05, 4.69) is 15.3 Å². The van der Waals surface area contributed by atoms with E-state index >= 15 is 0 Å². The number of rotatable bonds is 3. The zero-order valence-electron chi connectivity index (χ0n) is 14.6. The number of fused-ring (bicyclic) bond motifs is 1. The van der Waals surface area contributed by atoms with E-state index in [0.717, 1.165) is 10.9 Å². The molecule has 1 aromatic carbocycles. The molecule has 1 amide bonds. The van der Waals surface area contributed by atoms with Gasteiger partial charge in [-0.1, -0.05) is 6.07 Å². The third kappa shape index (κ3) is 3.08. The Hall–Kier alpha value is -3.80. The van der Waals surface area contributed by atoms with Crippen molar-refractivity contribution >= 4 is 22.5 Å². The van der Waals surface area contributed by atoms with Crippen LogP contribution in [0.15, 0.2) is 78.1 Å². The van der Waals surface area contributed by atoms with Crippen molar-refractivity contribution in [3.05, 3.63) is 94.8 Å². The standard InChI is InChI=1S/C21H16N4O2/c1-14-9-12-25(15-5-3-10-22-13-15)21(27)19(14)20(26)24-18-8-2-7-17-16(18)6-4-11-23-17/h2-13H,1H3,(H,24,26). The van der Waals surface area contributed by atoms with Gasteiger partial charge in [0.2, 0.25) is 0 Å². The maximum absolute atomic E-state index is 12.9. The zero-order chi connectivity index (χ0) is 18.8. The number of amides is 1. The first kappa shape index (κ1) is 16.7. The number of pyridine rings is 3. The third-order valence-corrected chi connectivity index (χ3v) is 4.35. The van der Waals surface area contributed by atoms with Crippen molar-refractivity contribution in [1.29, 1.82) is 0 Å². The second kappa shape index (κ2) is 6.84. The summed E-state index contributed by atoms with van der Waals surface area (Å²) in [6.07, 6.45) is 6.55. The number of nitrogens with one attached hydrogen (secondary N) is 1. The van der Waals surface area contributed by atoms with Crippen LogP contribution in [0.3, 0.4) is 0 Å². The van der Waals surface area contributed by atoms with Crippen molar-refractivity contribution < 1.29 is 4.79 Å². The van der Waals surface area contributed by atoms with Crippen LogP contribution in [0.4, 0.5) is 5.69 Å². The summed E-state index contributed by atoms with van der Waals surface area (Å²) in [5.41, 5.74) is 2.30. The lowest BCUT2D eigenvalue weighted by Gasteiger charge is -2.12. The second-order valence-electron chi connectivity index (χ2n) is 6.09. The lowest BCUT2D eigenvalue weighted by atomic mass is 10.1. The van der Waals surface area contributed by atoms with Crippen molar-refractivity contribution in [2.45, 2.75) is 6.92 Å². The van der Waals surface area contributed by atoms with Crippen LogP contribution in [-0.2, 0) is 0 Å². The van der Waals surface area contributed by atoms with E-state index in [0.29, 0.717) is 16.9 Å². The molecule has 1 N–H and O–H groups in total. The normalized spacial score (nSPS) is 10.7. The molecule has 4 aromatic rings. The molecule has 0 saturated heterocycles. The number of hydrogen-bond donors (Lipinski definition) is 1. The van der Waals surface area contributed by atoms with Gasteiger partial charge in [0.1, 0.15) is 5.56 Å². The van der Waals surface area contributed by atoms with Gasteiger partial charge in [0.25, 0.3) is 11.5 Å². The molecule has 0 aliphatic rings. The molecule has 3 aromatic heterocycles. The Morgan fingerprint density at radius 1 is 1.04 bits per heavy atom. The van der Waals surface area contributed by atoms with Crippen LogP contribution in [0.1, 0.15) is 15.9 Å². The van der Waals surface area contributed by atoms with E-state index in [-0.39, 0.29) is 11.1 Å². The largest absolute Gasteiger partial charge is 0.321 e. The minimum atomic E-state index is -0.452. The Morgan fingerprint density at radius 2 is 1.89 bits per heavy atom. The molecular formula is C21H16N4O2. The molecule has 6 heteroatoms. The summed E-state index contributed by atoms with van der Waals surface area (Å²) in [6, 6.07) is 14.4. The van der Waals surface area contributed by atoms with Crippen LogP contribution in [0, 0.1) is 6.92 Å². The molecular weight excluding hydrogens is 340 g/mol. The van der Waals surface area contributed by atoms with E-state index in [1.807, 2.05) is 18.2 Å². The van der Waals surface area contributed by atoms with E-state index < -0.39 is 5.91 Å². The molecule has 0 radical (unpaired) electrons. The molecule has 0 fully saturated rings. The predicted molar refractivity (Wildman–Crippen MR) is 104 cm³/mol. The first-order valence-corrected chi connectivity index (χ1v) is 8.43. The average molecular weight is 356 g/mol. The fourth-order valence-corrected chi connectivity index (χ4v) is 3.00. The molecule has 3 heterocycles. The third-order valence-electron chi connectivity index (χ3n) is 4.35. The van der Waals surface area contributed by atoms with Crippen LogP contribution in [0.2, 0.25) is 0 Å². The van der Waals surface area contributed by atoms with Crippen LogP contribution in [0.5, 0.6) is 0 Å². The number of anilines is 1. The molecule has 0 saturated carbocycles. The number of benzene rings is 1. The smallest absolute Gasteiger partial charge is 0.268 e. The summed E-state index contributed by atoms with van der Waals surface area (Å²) >= 11 is 0. The lowest BCUT2D eigenvalue weighted by Crippen LogP contribution is -2.29. The molecule has 6 nitrogen and oxygen atoms in total. The van der Waals surface area contributed by atoms with Gasteiger partial charge in [-0.3, -0.25) is 24.1 Å². The van der Waals surface area contributed by atoms with Gasteiger partial charge in [0.15, 0.2) is 0 Å². The van der Waals surface area contributed by atoms with Crippen molar-refractivity contribution in [3.63, 3.8) is 0 Å². The number of aromatic nitrogens is 3. The summed E-state index contributed by atoms with van der Waals surface area (Å²) < 4.78 is 1.42. The second-order valence-corrected chi connectivity index (χ2v) is 6.09. The highest BCUT2D eigenvalue weighted by Gasteiger charge is 2.17. The maximum atomic E-state index is 12.9. The number of nitrogens with zero attached hydrogens (tertiary/aromatic N) is 3. The first-order chi connectivity index (χ1) is 13.1. The molecule has 132 valence electrons. The highest BCUT2D eigenvalue weighted by Crippen LogP contribution is 2.22. The van der Waals surface area contributed by atoms with Crippen molar-refractivity contribution in [3.8, 4) is 5.69 Å². The number of carbonyl (C=O) groups excluding carboxylic acids is 1. The van der Waals surface area contributed by atoms with E-state index in [1.54, 1.807) is 62.0 Å². The molecule has 0 spiro atoms. The lowest BCUT2D eigenvalue weighted by molar-refractivity contribution is 0.102. The minimum absolute atomic E-state index is 0.0993. The van der Waals surface area contributed by atoms with E-state index in [1.165, 1.54) is 4.57 Å². The van der Waals surface area contributed by atoms with Crippen molar-refractivity contribution in [2.24, 2.45) is 0 Å². The molecule has 4 rings (SSSR count). The fraction of sp³-hybridized carbons (Fsp3) is 0.0476. The van der Waals surface area contributed by atoms with Gasteiger partial charge in [0, 0.05) is 24.0 Å². The van der Waals surface area contributed by atoms with Gasteiger partial charge in [-0.05, 0) is 55.0 Å². The van der Waals surface area contributed by atoms with Crippen LogP contribution in [0.25, 0.3) is 16.6 Å². The minimum Gasteiger partial charge on any atom is -0.321 e. The molecule has 0 aliphatic heterocycles. The topological polar surface area (TPSA) is 76.9 Å². The zero-order valence-corrected chi connectivity index (χ0v) is 14.6. The maximum Gasteiger partial charge on any atom is 0.268 e. The Kier molecular flexibility index (Phi) is 4.22. The molecule has 0 unspecified atom stereocenters. The van der Waals surface area contributed by atoms with Gasteiger partial charge in [0.05, 0.1) is 23.1 Å². The number of aryl methyl sites for hydroxylation is 1. The predicted octanol–water partition coefficient (Wildman–Crippen LogP) is 3.34. The quantitative estimate of drug-likeness (QED) is 0.611. The van der Waals surface area contributed by atoms with Crippen LogP contribution >= 0.6 is 0 Å². The van der Waals surface area contributed by atoms with E-state index in [4.69, 9.17) is 0 Å². The van der Waals surface area contributed by atoms with Gasteiger partial charge in [-0.25, -0.2) is 0 Å². The molecule has 0 aliphatic carbocycles.